The predicted molar refractivity (Wildman–Crippen MR) is 98.2 cm³/mol. The van der Waals surface area contributed by atoms with E-state index in [0.29, 0.717) is 6.42 Å². The molecule has 0 aliphatic heterocycles. The van der Waals surface area contributed by atoms with Crippen LogP contribution >= 0.6 is 0 Å². The molecule has 1 N–H and O–H groups in total. The van der Waals surface area contributed by atoms with Crippen molar-refractivity contribution in [2.24, 2.45) is 12.1 Å². The van der Waals surface area contributed by atoms with Crippen LogP contribution in [0.25, 0.3) is 10.9 Å². The summed E-state index contributed by atoms with van der Waals surface area (Å²) in [6, 6.07) is 16.2. The van der Waals surface area contributed by atoms with Gasteiger partial charge in [-0.3, -0.25) is 4.79 Å². The molecule has 0 aliphatic rings. The summed E-state index contributed by atoms with van der Waals surface area (Å²) in [6.45, 7) is 2.11. The Kier molecular flexibility index (Phi) is 4.75. The summed E-state index contributed by atoms with van der Waals surface area (Å²) in [5.41, 5.74) is 6.99. The molecule has 0 unspecified atom stereocenters. The zero-order valence-electron chi connectivity index (χ0n) is 14.0. The van der Waals surface area contributed by atoms with Crippen LogP contribution in [0.2, 0.25) is 0 Å². The highest BCUT2D eigenvalue weighted by Crippen LogP contribution is 2.18. The second-order valence-electron chi connectivity index (χ2n) is 5.85. The van der Waals surface area contributed by atoms with Gasteiger partial charge >= 0.3 is 0 Å². The van der Waals surface area contributed by atoms with Gasteiger partial charge < -0.3 is 4.57 Å². The van der Waals surface area contributed by atoms with Gasteiger partial charge in [0, 0.05) is 29.7 Å². The first-order valence-corrected chi connectivity index (χ1v) is 8.11. The van der Waals surface area contributed by atoms with E-state index in [9.17, 15) is 4.79 Å². The number of benzene rings is 2. The van der Waals surface area contributed by atoms with Crippen LogP contribution in [0.1, 0.15) is 23.6 Å². The quantitative estimate of drug-likeness (QED) is 0.568. The molecule has 4 heteroatoms. The molecule has 0 atom stereocenters. The second kappa shape index (κ2) is 7.13. The largest absolute Gasteiger partial charge is 0.350 e. The molecule has 4 nitrogen and oxygen atoms in total. The molecule has 0 saturated heterocycles. The smallest absolute Gasteiger partial charge is 0.244 e. The number of aryl methyl sites for hydroxylation is 2. The topological polar surface area (TPSA) is 46.4 Å². The second-order valence-corrected chi connectivity index (χ2v) is 5.85. The number of nitrogens with zero attached hydrogens (tertiary/aromatic N) is 2. The third-order valence-corrected chi connectivity index (χ3v) is 4.12. The highest BCUT2D eigenvalue weighted by Gasteiger charge is 2.04. The van der Waals surface area contributed by atoms with Gasteiger partial charge in [-0.1, -0.05) is 49.4 Å². The van der Waals surface area contributed by atoms with Gasteiger partial charge in [-0.2, -0.15) is 5.10 Å². The molecule has 1 aromatic heterocycles. The van der Waals surface area contributed by atoms with Crippen molar-refractivity contribution in [3.63, 3.8) is 0 Å². The van der Waals surface area contributed by atoms with Crippen LogP contribution < -0.4 is 5.43 Å². The van der Waals surface area contributed by atoms with Crippen LogP contribution in [0.4, 0.5) is 0 Å². The van der Waals surface area contributed by atoms with Crippen molar-refractivity contribution in [1.82, 2.24) is 9.99 Å². The number of hydrazone groups is 1. The lowest BCUT2D eigenvalue weighted by Gasteiger charge is -2.02. The highest BCUT2D eigenvalue weighted by molar-refractivity contribution is 5.99. The molecule has 1 amide bonds. The molecule has 3 rings (SSSR count). The minimum absolute atomic E-state index is 0.115. The van der Waals surface area contributed by atoms with E-state index in [1.807, 2.05) is 48.1 Å². The Morgan fingerprint density at radius 1 is 1.12 bits per heavy atom. The van der Waals surface area contributed by atoms with Gasteiger partial charge in [0.25, 0.3) is 0 Å². The maximum atomic E-state index is 12.0. The summed E-state index contributed by atoms with van der Waals surface area (Å²) in [7, 11) is 2.00. The van der Waals surface area contributed by atoms with Crippen LogP contribution in [0.15, 0.2) is 59.8 Å². The molecule has 0 spiro atoms. The highest BCUT2D eigenvalue weighted by atomic mass is 16.2. The number of carbonyl (C=O) groups excluding carboxylic acids is 1. The molecule has 2 aromatic carbocycles. The average Bonchev–Trinajstić information content (AvgIpc) is 2.92. The molecule has 122 valence electrons. The molecule has 1 heterocycles. The number of hydrogen-bond donors (Lipinski definition) is 1. The van der Waals surface area contributed by atoms with Gasteiger partial charge in [0.05, 0.1) is 12.6 Å². The third kappa shape index (κ3) is 3.54. The van der Waals surface area contributed by atoms with E-state index in [1.54, 1.807) is 6.21 Å². The minimum atomic E-state index is -0.115. The summed E-state index contributed by atoms with van der Waals surface area (Å²) in [6.07, 6.45) is 5.03. The van der Waals surface area contributed by atoms with Gasteiger partial charge in [-0.05, 0) is 23.6 Å². The van der Waals surface area contributed by atoms with E-state index >= 15 is 0 Å². The number of aromatic nitrogens is 1. The fourth-order valence-corrected chi connectivity index (χ4v) is 2.77. The minimum Gasteiger partial charge on any atom is -0.350 e. The fraction of sp³-hybridized carbons (Fsp3) is 0.200. The van der Waals surface area contributed by atoms with E-state index in [1.165, 1.54) is 5.56 Å². The number of amides is 1. The van der Waals surface area contributed by atoms with Crippen molar-refractivity contribution in [1.29, 1.82) is 0 Å². The van der Waals surface area contributed by atoms with Crippen LogP contribution in [0, 0.1) is 0 Å². The Labute approximate surface area is 141 Å². The summed E-state index contributed by atoms with van der Waals surface area (Å²) < 4.78 is 2.05. The molecule has 24 heavy (non-hydrogen) atoms. The van der Waals surface area contributed by atoms with Crippen molar-refractivity contribution in [2.75, 3.05) is 0 Å². The molecule has 0 saturated carbocycles. The van der Waals surface area contributed by atoms with E-state index in [2.05, 4.69) is 35.7 Å². The zero-order chi connectivity index (χ0) is 16.9. The average molecular weight is 319 g/mol. The monoisotopic (exact) mass is 319 g/mol. The number of nitrogens with one attached hydrogen (secondary N) is 1. The Balaban J connectivity index is 1.63. The fourth-order valence-electron chi connectivity index (χ4n) is 2.77. The lowest BCUT2D eigenvalue weighted by molar-refractivity contribution is -0.120. The Morgan fingerprint density at radius 3 is 2.58 bits per heavy atom. The maximum Gasteiger partial charge on any atom is 0.244 e. The number of hydrogen-bond acceptors (Lipinski definition) is 2. The lowest BCUT2D eigenvalue weighted by Crippen LogP contribution is -2.19. The van der Waals surface area contributed by atoms with Gasteiger partial charge in [-0.25, -0.2) is 5.43 Å². The van der Waals surface area contributed by atoms with E-state index in [-0.39, 0.29) is 5.91 Å². The standard InChI is InChI=1S/C20H21N3O/c1-3-15-8-10-16(11-9-15)12-20(24)22-21-13-17-14-23(2)19-7-5-4-6-18(17)19/h4-11,13-14H,3,12H2,1-2H3,(H,22,24)/b21-13-. The maximum absolute atomic E-state index is 12.0. The number of fused-ring (bicyclic) bond motifs is 1. The van der Waals surface area contributed by atoms with Crippen LogP contribution in [-0.2, 0) is 24.7 Å². The van der Waals surface area contributed by atoms with Crippen LogP contribution in [-0.4, -0.2) is 16.7 Å². The van der Waals surface area contributed by atoms with Gasteiger partial charge in [0.15, 0.2) is 0 Å². The SMILES string of the molecule is CCc1ccc(CC(=O)N/N=C\c2cn(C)c3ccccc23)cc1. The first-order valence-electron chi connectivity index (χ1n) is 8.11. The molecule has 0 fully saturated rings. The summed E-state index contributed by atoms with van der Waals surface area (Å²) in [4.78, 5) is 12.0. The molecular formula is C20H21N3O. The summed E-state index contributed by atoms with van der Waals surface area (Å²) in [5, 5.41) is 5.22. The van der Waals surface area contributed by atoms with E-state index in [4.69, 9.17) is 0 Å². The van der Waals surface area contributed by atoms with Crippen LogP contribution in [0.5, 0.6) is 0 Å². The van der Waals surface area contributed by atoms with Gasteiger partial charge in [-0.15, -0.1) is 0 Å². The summed E-state index contributed by atoms with van der Waals surface area (Å²) >= 11 is 0. The normalized spacial score (nSPS) is 11.2. The van der Waals surface area contributed by atoms with Crippen molar-refractivity contribution >= 4 is 23.0 Å². The molecule has 0 radical (unpaired) electrons. The Bertz CT molecular complexity index is 876. The third-order valence-electron chi connectivity index (χ3n) is 4.12. The first kappa shape index (κ1) is 16.0. The predicted octanol–water partition coefficient (Wildman–Crippen LogP) is 3.43. The van der Waals surface area contributed by atoms with E-state index < -0.39 is 0 Å². The molecular weight excluding hydrogens is 298 g/mol. The van der Waals surface area contributed by atoms with Crippen molar-refractivity contribution in [3.05, 3.63) is 71.4 Å². The van der Waals surface area contributed by atoms with Crippen molar-refractivity contribution in [2.45, 2.75) is 19.8 Å². The van der Waals surface area contributed by atoms with Crippen LogP contribution in [0.3, 0.4) is 0 Å². The number of rotatable bonds is 5. The first-order chi connectivity index (χ1) is 11.7. The Morgan fingerprint density at radius 2 is 1.83 bits per heavy atom. The molecule has 3 aromatic rings. The molecule has 0 bridgehead atoms. The van der Waals surface area contributed by atoms with Gasteiger partial charge in [0.1, 0.15) is 0 Å². The van der Waals surface area contributed by atoms with Crippen molar-refractivity contribution < 1.29 is 4.79 Å². The van der Waals surface area contributed by atoms with Crippen molar-refractivity contribution in [3.8, 4) is 0 Å². The van der Waals surface area contributed by atoms with Gasteiger partial charge in [0.2, 0.25) is 5.91 Å². The summed E-state index contributed by atoms with van der Waals surface area (Å²) in [5.74, 6) is -0.115. The number of carbonyl (C=O) groups is 1. The van der Waals surface area contributed by atoms with E-state index in [0.717, 1.165) is 28.5 Å². The zero-order valence-corrected chi connectivity index (χ0v) is 14.0. The molecule has 0 aliphatic carbocycles. The lowest BCUT2D eigenvalue weighted by atomic mass is 10.1. The number of para-hydroxylation sites is 1. The Hall–Kier alpha value is -2.88.